The number of nitrogens with two attached hydrogens (primary N) is 1. The highest BCUT2D eigenvalue weighted by molar-refractivity contribution is 9.10. The molecule has 1 aliphatic heterocycles. The van der Waals surface area contributed by atoms with Gasteiger partial charge in [0.15, 0.2) is 5.82 Å². The molecule has 0 aromatic carbocycles. The molecule has 0 radical (unpaired) electrons. The lowest BCUT2D eigenvalue weighted by Crippen LogP contribution is -2.20. The third-order valence-electron chi connectivity index (χ3n) is 2.79. The van der Waals surface area contributed by atoms with Crippen LogP contribution in [0.5, 0.6) is 0 Å². The molecule has 1 atom stereocenters. The number of rotatable bonds is 2. The summed E-state index contributed by atoms with van der Waals surface area (Å²) in [5.41, 5.74) is 7.15. The second-order valence-electron chi connectivity index (χ2n) is 4.16. The number of ether oxygens (including phenoxy) is 1. The summed E-state index contributed by atoms with van der Waals surface area (Å²) in [5.74, 6) is 0.907. The van der Waals surface area contributed by atoms with Crippen molar-refractivity contribution in [3.8, 4) is 0 Å². The minimum Gasteiger partial charge on any atom is -0.379 e. The molecule has 0 aliphatic carbocycles. The largest absolute Gasteiger partial charge is 0.379 e. The van der Waals surface area contributed by atoms with Crippen LogP contribution >= 0.6 is 15.9 Å². The van der Waals surface area contributed by atoms with Crippen molar-refractivity contribution in [2.24, 2.45) is 0 Å². The maximum atomic E-state index is 5.71. The highest BCUT2D eigenvalue weighted by atomic mass is 79.9. The fraction of sp³-hybridized carbons (Fsp3) is 0.364. The monoisotopic (exact) mass is 309 g/mol. The van der Waals surface area contributed by atoms with Crippen LogP contribution in [0.3, 0.4) is 0 Å². The first kappa shape index (κ1) is 11.6. The van der Waals surface area contributed by atoms with Crippen LogP contribution in [0, 0.1) is 0 Å². The maximum Gasteiger partial charge on any atom is 0.222 e. The van der Waals surface area contributed by atoms with Gasteiger partial charge in [-0.2, -0.15) is 4.98 Å². The zero-order valence-corrected chi connectivity index (χ0v) is 11.1. The topological polar surface area (TPSA) is 86.0 Å². The quantitative estimate of drug-likeness (QED) is 0.876. The average Bonchev–Trinajstić information content (AvgIpc) is 2.80. The Hall–Kier alpha value is -1.47. The van der Waals surface area contributed by atoms with E-state index in [4.69, 9.17) is 10.5 Å². The molecule has 2 aromatic rings. The Morgan fingerprint density at radius 3 is 3.11 bits per heavy atom. The highest BCUT2D eigenvalue weighted by Gasteiger charge is 2.18. The average molecular weight is 310 g/mol. The number of fused-ring (bicyclic) bond motifs is 1. The molecular formula is C11H12BrN5O. The molecule has 1 fully saturated rings. The SMILES string of the molecule is Nc1nc(NC2CCOC2)c2ncc(Br)cc2n1. The van der Waals surface area contributed by atoms with Gasteiger partial charge in [0.2, 0.25) is 5.95 Å². The molecule has 2 aromatic heterocycles. The van der Waals surface area contributed by atoms with Crippen LogP contribution in [-0.4, -0.2) is 34.2 Å². The second kappa shape index (κ2) is 4.66. The lowest BCUT2D eigenvalue weighted by molar-refractivity contribution is 0.195. The van der Waals surface area contributed by atoms with Crippen molar-refractivity contribution in [3.63, 3.8) is 0 Å². The van der Waals surface area contributed by atoms with E-state index in [2.05, 4.69) is 36.2 Å². The Labute approximate surface area is 112 Å². The second-order valence-corrected chi connectivity index (χ2v) is 5.07. The lowest BCUT2D eigenvalue weighted by Gasteiger charge is -2.13. The Morgan fingerprint density at radius 2 is 2.33 bits per heavy atom. The Morgan fingerprint density at radius 1 is 1.44 bits per heavy atom. The van der Waals surface area contributed by atoms with Gasteiger partial charge in [-0.1, -0.05) is 0 Å². The van der Waals surface area contributed by atoms with Crippen LogP contribution in [-0.2, 0) is 4.74 Å². The number of anilines is 2. The fourth-order valence-corrected chi connectivity index (χ4v) is 2.27. The van der Waals surface area contributed by atoms with Gasteiger partial charge in [-0.25, -0.2) is 9.97 Å². The molecule has 0 saturated carbocycles. The third kappa shape index (κ3) is 2.23. The smallest absolute Gasteiger partial charge is 0.222 e. The van der Waals surface area contributed by atoms with Crippen LogP contribution in [0.4, 0.5) is 11.8 Å². The van der Waals surface area contributed by atoms with E-state index in [0.717, 1.165) is 28.5 Å². The number of halogens is 1. The van der Waals surface area contributed by atoms with Crippen LogP contribution < -0.4 is 11.1 Å². The number of nitrogens with one attached hydrogen (secondary N) is 1. The summed E-state index contributed by atoms with van der Waals surface area (Å²) in [4.78, 5) is 12.7. The molecule has 6 nitrogen and oxygen atoms in total. The summed E-state index contributed by atoms with van der Waals surface area (Å²) in [6.45, 7) is 1.46. The van der Waals surface area contributed by atoms with Crippen molar-refractivity contribution >= 4 is 38.7 Å². The Balaban J connectivity index is 2.03. The lowest BCUT2D eigenvalue weighted by atomic mass is 10.2. The van der Waals surface area contributed by atoms with Crippen molar-refractivity contribution in [3.05, 3.63) is 16.7 Å². The minimum atomic E-state index is 0.240. The molecule has 94 valence electrons. The molecular weight excluding hydrogens is 298 g/mol. The fourth-order valence-electron chi connectivity index (χ4n) is 1.95. The van der Waals surface area contributed by atoms with Crippen LogP contribution in [0.25, 0.3) is 11.0 Å². The van der Waals surface area contributed by atoms with E-state index in [0.29, 0.717) is 12.4 Å². The first-order chi connectivity index (χ1) is 8.72. The molecule has 1 saturated heterocycles. The standard InChI is InChI=1S/C11H12BrN5O/c12-6-3-8-9(14-4-6)10(17-11(13)16-8)15-7-1-2-18-5-7/h3-4,7H,1-2,5H2,(H3,13,15,16,17). The predicted molar refractivity (Wildman–Crippen MR) is 72.3 cm³/mol. The summed E-state index contributed by atoms with van der Waals surface area (Å²) in [6.07, 6.45) is 2.68. The first-order valence-corrected chi connectivity index (χ1v) is 6.45. The van der Waals surface area contributed by atoms with Crippen LogP contribution in [0.1, 0.15) is 6.42 Å². The van der Waals surface area contributed by atoms with Crippen molar-refractivity contribution in [2.45, 2.75) is 12.5 Å². The van der Waals surface area contributed by atoms with E-state index < -0.39 is 0 Å². The number of pyridine rings is 1. The molecule has 0 spiro atoms. The van der Waals surface area contributed by atoms with Gasteiger partial charge in [-0.3, -0.25) is 0 Å². The van der Waals surface area contributed by atoms with Gasteiger partial charge in [0.05, 0.1) is 18.2 Å². The van der Waals surface area contributed by atoms with Crippen molar-refractivity contribution in [1.29, 1.82) is 0 Å². The van der Waals surface area contributed by atoms with Gasteiger partial charge >= 0.3 is 0 Å². The van der Waals surface area contributed by atoms with Crippen LogP contribution in [0.2, 0.25) is 0 Å². The molecule has 0 bridgehead atoms. The van der Waals surface area contributed by atoms with Gasteiger partial charge in [-0.05, 0) is 28.4 Å². The third-order valence-corrected chi connectivity index (χ3v) is 3.22. The van der Waals surface area contributed by atoms with Gasteiger partial charge in [-0.15, -0.1) is 0 Å². The first-order valence-electron chi connectivity index (χ1n) is 5.65. The van der Waals surface area contributed by atoms with E-state index in [1.165, 1.54) is 0 Å². The minimum absolute atomic E-state index is 0.240. The Kier molecular flexibility index (Phi) is 3.00. The zero-order valence-electron chi connectivity index (χ0n) is 9.56. The van der Waals surface area contributed by atoms with E-state index in [1.807, 2.05) is 6.07 Å². The van der Waals surface area contributed by atoms with Crippen molar-refractivity contribution in [1.82, 2.24) is 15.0 Å². The maximum absolute atomic E-state index is 5.71. The number of nitrogens with zero attached hydrogens (tertiary/aromatic N) is 3. The predicted octanol–water partition coefficient (Wildman–Crippen LogP) is 1.57. The van der Waals surface area contributed by atoms with Crippen molar-refractivity contribution < 1.29 is 4.74 Å². The summed E-state index contributed by atoms with van der Waals surface area (Å²) < 4.78 is 6.19. The highest BCUT2D eigenvalue weighted by Crippen LogP contribution is 2.23. The molecule has 1 unspecified atom stereocenters. The number of nitrogen functional groups attached to an aromatic ring is 1. The summed E-state index contributed by atoms with van der Waals surface area (Å²) in [5, 5.41) is 3.31. The summed E-state index contributed by atoms with van der Waals surface area (Å²) in [6, 6.07) is 2.13. The van der Waals surface area contributed by atoms with Crippen LogP contribution in [0.15, 0.2) is 16.7 Å². The summed E-state index contributed by atoms with van der Waals surface area (Å²) >= 11 is 3.37. The van der Waals surface area contributed by atoms with Gasteiger partial charge in [0.1, 0.15) is 5.52 Å². The van der Waals surface area contributed by atoms with Gasteiger partial charge in [0.25, 0.3) is 0 Å². The van der Waals surface area contributed by atoms with E-state index >= 15 is 0 Å². The summed E-state index contributed by atoms with van der Waals surface area (Å²) in [7, 11) is 0. The molecule has 7 heteroatoms. The molecule has 3 N–H and O–H groups in total. The zero-order chi connectivity index (χ0) is 12.5. The normalized spacial score (nSPS) is 19.3. The van der Waals surface area contributed by atoms with E-state index in [9.17, 15) is 0 Å². The molecule has 1 aliphatic rings. The van der Waals surface area contributed by atoms with Gasteiger partial charge < -0.3 is 15.8 Å². The van der Waals surface area contributed by atoms with Gasteiger partial charge in [0, 0.05) is 17.3 Å². The molecule has 18 heavy (non-hydrogen) atoms. The number of hydrogen-bond acceptors (Lipinski definition) is 6. The van der Waals surface area contributed by atoms with Crippen molar-refractivity contribution in [2.75, 3.05) is 24.3 Å². The number of aromatic nitrogens is 3. The molecule has 0 amide bonds. The van der Waals surface area contributed by atoms with E-state index in [1.54, 1.807) is 6.20 Å². The molecule has 3 heterocycles. The number of hydrogen-bond donors (Lipinski definition) is 2. The Bertz CT molecular complexity index is 580. The molecule has 3 rings (SSSR count). The van der Waals surface area contributed by atoms with E-state index in [-0.39, 0.29) is 12.0 Å².